The maximum absolute atomic E-state index is 11.9. The molecule has 0 unspecified atom stereocenters. The number of anilines is 1. The average Bonchev–Trinajstić information content (AvgIpc) is 2.45. The fourth-order valence-electron chi connectivity index (χ4n) is 2.19. The number of amides is 1. The lowest BCUT2D eigenvalue weighted by molar-refractivity contribution is -0.118. The van der Waals surface area contributed by atoms with Crippen molar-refractivity contribution in [1.29, 1.82) is 0 Å². The number of hydrogen-bond acceptors (Lipinski definition) is 2. The van der Waals surface area contributed by atoms with Crippen LogP contribution in [0.15, 0.2) is 42.5 Å². The van der Waals surface area contributed by atoms with Crippen molar-refractivity contribution in [2.45, 2.75) is 27.2 Å². The van der Waals surface area contributed by atoms with Crippen LogP contribution in [-0.2, 0) is 11.2 Å². The number of aryl methyl sites for hydroxylation is 3. The van der Waals surface area contributed by atoms with E-state index in [-0.39, 0.29) is 12.5 Å². The van der Waals surface area contributed by atoms with Crippen LogP contribution >= 0.6 is 0 Å². The minimum Gasteiger partial charge on any atom is -0.484 e. The van der Waals surface area contributed by atoms with Gasteiger partial charge in [-0.1, -0.05) is 25.1 Å². The van der Waals surface area contributed by atoms with Gasteiger partial charge in [0, 0.05) is 5.69 Å². The lowest BCUT2D eigenvalue weighted by Crippen LogP contribution is -2.20. The smallest absolute Gasteiger partial charge is 0.262 e. The van der Waals surface area contributed by atoms with Gasteiger partial charge in [-0.3, -0.25) is 4.79 Å². The number of carbonyl (C=O) groups is 1. The van der Waals surface area contributed by atoms with E-state index in [9.17, 15) is 4.79 Å². The summed E-state index contributed by atoms with van der Waals surface area (Å²) in [6.45, 7) is 6.13. The highest BCUT2D eigenvalue weighted by Crippen LogP contribution is 2.16. The zero-order valence-electron chi connectivity index (χ0n) is 12.8. The molecule has 0 spiro atoms. The Kier molecular flexibility index (Phi) is 4.99. The fourth-order valence-corrected chi connectivity index (χ4v) is 2.19. The summed E-state index contributed by atoms with van der Waals surface area (Å²) in [6, 6.07) is 13.8. The predicted molar refractivity (Wildman–Crippen MR) is 85.9 cm³/mol. The normalized spacial score (nSPS) is 10.2. The molecule has 0 aliphatic carbocycles. The highest BCUT2D eigenvalue weighted by Gasteiger charge is 2.04. The second kappa shape index (κ2) is 6.93. The van der Waals surface area contributed by atoms with Crippen LogP contribution in [0.2, 0.25) is 0 Å². The first kappa shape index (κ1) is 15.1. The molecule has 2 aromatic rings. The van der Waals surface area contributed by atoms with E-state index < -0.39 is 0 Å². The third-order valence-electron chi connectivity index (χ3n) is 3.21. The van der Waals surface area contributed by atoms with E-state index in [0.717, 1.165) is 29.0 Å². The number of rotatable bonds is 5. The third kappa shape index (κ3) is 4.63. The van der Waals surface area contributed by atoms with Crippen LogP contribution in [0.5, 0.6) is 5.75 Å². The molecule has 110 valence electrons. The molecule has 0 aromatic heterocycles. The van der Waals surface area contributed by atoms with Gasteiger partial charge >= 0.3 is 0 Å². The van der Waals surface area contributed by atoms with Gasteiger partial charge in [0.15, 0.2) is 6.61 Å². The molecule has 0 aliphatic rings. The Hall–Kier alpha value is -2.29. The number of benzene rings is 2. The van der Waals surface area contributed by atoms with E-state index in [1.165, 1.54) is 5.56 Å². The molecule has 0 saturated carbocycles. The zero-order valence-corrected chi connectivity index (χ0v) is 12.8. The molecular weight excluding hydrogens is 262 g/mol. The lowest BCUT2D eigenvalue weighted by atomic mass is 10.1. The maximum Gasteiger partial charge on any atom is 0.262 e. The van der Waals surface area contributed by atoms with E-state index in [0.29, 0.717) is 0 Å². The molecule has 0 bridgehead atoms. The third-order valence-corrected chi connectivity index (χ3v) is 3.21. The molecule has 2 aromatic carbocycles. The molecular formula is C18H21NO2. The van der Waals surface area contributed by atoms with Gasteiger partial charge in [0.1, 0.15) is 5.75 Å². The Labute approximate surface area is 126 Å². The van der Waals surface area contributed by atoms with E-state index in [4.69, 9.17) is 4.74 Å². The van der Waals surface area contributed by atoms with Crippen molar-refractivity contribution in [2.24, 2.45) is 0 Å². The summed E-state index contributed by atoms with van der Waals surface area (Å²) in [5, 5.41) is 2.83. The number of hydrogen-bond donors (Lipinski definition) is 1. The first-order chi connectivity index (χ1) is 10.1. The molecule has 0 atom stereocenters. The fraction of sp³-hybridized carbons (Fsp3) is 0.278. The Morgan fingerprint density at radius 2 is 1.67 bits per heavy atom. The van der Waals surface area contributed by atoms with Gasteiger partial charge in [-0.15, -0.1) is 0 Å². The minimum absolute atomic E-state index is 0.0123. The number of carbonyl (C=O) groups excluding carboxylic acids is 1. The van der Waals surface area contributed by atoms with Crippen molar-refractivity contribution >= 4 is 11.6 Å². The molecule has 0 radical (unpaired) electrons. The highest BCUT2D eigenvalue weighted by molar-refractivity contribution is 5.91. The summed E-state index contributed by atoms with van der Waals surface area (Å²) in [5.74, 6) is 0.572. The van der Waals surface area contributed by atoms with Crippen LogP contribution in [0.1, 0.15) is 23.6 Å². The predicted octanol–water partition coefficient (Wildman–Crippen LogP) is 3.88. The van der Waals surface area contributed by atoms with Crippen LogP contribution in [-0.4, -0.2) is 12.5 Å². The Balaban J connectivity index is 1.89. The van der Waals surface area contributed by atoms with Crippen LogP contribution in [0.25, 0.3) is 0 Å². The molecule has 1 amide bonds. The molecule has 21 heavy (non-hydrogen) atoms. The minimum atomic E-state index is -0.154. The summed E-state index contributed by atoms with van der Waals surface area (Å²) in [7, 11) is 0. The SMILES string of the molecule is CCc1ccc(NC(=O)COc2cc(C)cc(C)c2)cc1. The molecule has 3 nitrogen and oxygen atoms in total. The van der Waals surface area contributed by atoms with Crippen molar-refractivity contribution in [2.75, 3.05) is 11.9 Å². The summed E-state index contributed by atoms with van der Waals surface area (Å²) < 4.78 is 5.53. The molecule has 0 saturated heterocycles. The monoisotopic (exact) mass is 283 g/mol. The lowest BCUT2D eigenvalue weighted by Gasteiger charge is -2.09. The van der Waals surface area contributed by atoms with E-state index in [1.807, 2.05) is 50.2 Å². The summed E-state index contributed by atoms with van der Waals surface area (Å²) in [6.07, 6.45) is 0.990. The van der Waals surface area contributed by atoms with Crippen molar-refractivity contribution in [3.63, 3.8) is 0 Å². The Morgan fingerprint density at radius 1 is 1.05 bits per heavy atom. The van der Waals surface area contributed by atoms with Crippen molar-refractivity contribution in [3.8, 4) is 5.75 Å². The first-order valence-corrected chi connectivity index (χ1v) is 7.16. The topological polar surface area (TPSA) is 38.3 Å². The van der Waals surface area contributed by atoms with Crippen molar-refractivity contribution in [3.05, 3.63) is 59.2 Å². The zero-order chi connectivity index (χ0) is 15.2. The van der Waals surface area contributed by atoms with Gasteiger partial charge in [-0.2, -0.15) is 0 Å². The second-order valence-electron chi connectivity index (χ2n) is 5.21. The largest absolute Gasteiger partial charge is 0.484 e. The van der Waals surface area contributed by atoms with Crippen molar-refractivity contribution in [1.82, 2.24) is 0 Å². The molecule has 2 rings (SSSR count). The Morgan fingerprint density at radius 3 is 2.24 bits per heavy atom. The van der Waals surface area contributed by atoms with Gasteiger partial charge < -0.3 is 10.1 Å². The number of ether oxygens (including phenoxy) is 1. The highest BCUT2D eigenvalue weighted by atomic mass is 16.5. The van der Waals surface area contributed by atoms with Gasteiger partial charge in [0.05, 0.1) is 0 Å². The summed E-state index contributed by atoms with van der Waals surface area (Å²) in [4.78, 5) is 11.9. The maximum atomic E-state index is 11.9. The summed E-state index contributed by atoms with van der Waals surface area (Å²) >= 11 is 0. The summed E-state index contributed by atoms with van der Waals surface area (Å²) in [5.41, 5.74) is 4.29. The van der Waals surface area contributed by atoms with Gasteiger partial charge in [-0.05, 0) is 61.2 Å². The van der Waals surface area contributed by atoms with Crippen LogP contribution in [0, 0.1) is 13.8 Å². The Bertz CT molecular complexity index is 597. The molecule has 0 heterocycles. The van der Waals surface area contributed by atoms with Gasteiger partial charge in [0.2, 0.25) is 0 Å². The average molecular weight is 283 g/mol. The molecule has 3 heteroatoms. The first-order valence-electron chi connectivity index (χ1n) is 7.16. The van der Waals surface area contributed by atoms with Crippen LogP contribution in [0.3, 0.4) is 0 Å². The van der Waals surface area contributed by atoms with Crippen LogP contribution in [0.4, 0.5) is 5.69 Å². The van der Waals surface area contributed by atoms with E-state index >= 15 is 0 Å². The molecule has 0 aliphatic heterocycles. The quantitative estimate of drug-likeness (QED) is 0.904. The van der Waals surface area contributed by atoms with Crippen molar-refractivity contribution < 1.29 is 9.53 Å². The van der Waals surface area contributed by atoms with E-state index in [1.54, 1.807) is 0 Å². The number of nitrogens with one attached hydrogen (secondary N) is 1. The standard InChI is InChI=1S/C18H21NO2/c1-4-15-5-7-16(8-6-15)19-18(20)12-21-17-10-13(2)9-14(3)11-17/h5-11H,4,12H2,1-3H3,(H,19,20). The molecule has 1 N–H and O–H groups in total. The second-order valence-corrected chi connectivity index (χ2v) is 5.21. The van der Waals surface area contributed by atoms with Gasteiger partial charge in [-0.25, -0.2) is 0 Å². The van der Waals surface area contributed by atoms with E-state index in [2.05, 4.69) is 18.3 Å². The van der Waals surface area contributed by atoms with Crippen LogP contribution < -0.4 is 10.1 Å². The molecule has 0 fully saturated rings. The van der Waals surface area contributed by atoms with Gasteiger partial charge in [0.25, 0.3) is 5.91 Å².